The number of piperidine rings is 1. The molecule has 124 valence electrons. The largest absolute Gasteiger partial charge is 0.384 e. The van der Waals surface area contributed by atoms with E-state index in [-0.39, 0.29) is 17.9 Å². The van der Waals surface area contributed by atoms with E-state index in [4.69, 9.17) is 5.73 Å². The predicted molar refractivity (Wildman–Crippen MR) is 92.2 cm³/mol. The molecule has 0 unspecified atom stereocenters. The van der Waals surface area contributed by atoms with Crippen LogP contribution in [0, 0.1) is 5.92 Å². The minimum atomic E-state index is 0.0116. The molecule has 5 rings (SSSR count). The summed E-state index contributed by atoms with van der Waals surface area (Å²) in [4.78, 5) is 25.7. The van der Waals surface area contributed by atoms with Crippen LogP contribution >= 0.6 is 0 Å². The minimum Gasteiger partial charge on any atom is -0.384 e. The summed E-state index contributed by atoms with van der Waals surface area (Å²) in [5.74, 6) is 1.35. The third-order valence-corrected chi connectivity index (χ3v) is 4.94. The van der Waals surface area contributed by atoms with Crippen LogP contribution in [0.2, 0.25) is 0 Å². The van der Waals surface area contributed by atoms with Crippen LogP contribution in [0.5, 0.6) is 0 Å². The molecule has 0 aliphatic carbocycles. The van der Waals surface area contributed by atoms with Gasteiger partial charge in [0.2, 0.25) is 11.9 Å². The highest BCUT2D eigenvalue weighted by Gasteiger charge is 2.41. The van der Waals surface area contributed by atoms with Gasteiger partial charge in [0, 0.05) is 31.9 Å². The van der Waals surface area contributed by atoms with Crippen molar-refractivity contribution >= 4 is 17.7 Å². The van der Waals surface area contributed by atoms with Crippen LogP contribution < -0.4 is 10.6 Å². The van der Waals surface area contributed by atoms with E-state index in [1.165, 1.54) is 5.56 Å². The Balaban J connectivity index is 1.58. The third kappa shape index (κ3) is 2.79. The van der Waals surface area contributed by atoms with Crippen molar-refractivity contribution in [3.05, 3.63) is 48.2 Å². The lowest BCUT2D eigenvalue weighted by atomic mass is 9.93. The van der Waals surface area contributed by atoms with Gasteiger partial charge in [-0.05, 0) is 24.5 Å². The predicted octanol–water partition coefficient (Wildman–Crippen LogP) is 1.69. The van der Waals surface area contributed by atoms with Crippen LogP contribution in [-0.2, 0) is 11.3 Å². The molecule has 6 nitrogen and oxygen atoms in total. The van der Waals surface area contributed by atoms with E-state index in [1.807, 2.05) is 23.1 Å². The van der Waals surface area contributed by atoms with Gasteiger partial charge in [-0.1, -0.05) is 30.3 Å². The Hall–Kier alpha value is -2.63. The van der Waals surface area contributed by atoms with Crippen LogP contribution in [0.1, 0.15) is 18.4 Å². The molecule has 0 saturated carbocycles. The molecule has 0 radical (unpaired) electrons. The summed E-state index contributed by atoms with van der Waals surface area (Å²) >= 11 is 0. The number of rotatable bonds is 3. The molecule has 4 heterocycles. The zero-order valence-corrected chi connectivity index (χ0v) is 13.5. The maximum Gasteiger partial charge on any atom is 0.228 e. The molecule has 2 aromatic rings. The number of fused-ring (bicyclic) bond motifs is 4. The van der Waals surface area contributed by atoms with Gasteiger partial charge in [-0.2, -0.15) is 4.98 Å². The van der Waals surface area contributed by atoms with Crippen molar-refractivity contribution in [3.63, 3.8) is 0 Å². The molecule has 1 aromatic carbocycles. The van der Waals surface area contributed by atoms with Crippen molar-refractivity contribution < 1.29 is 4.79 Å². The van der Waals surface area contributed by atoms with Crippen LogP contribution in [0.3, 0.4) is 0 Å². The summed E-state index contributed by atoms with van der Waals surface area (Å²) in [6.07, 6.45) is 3.64. The van der Waals surface area contributed by atoms with Gasteiger partial charge in [0.05, 0.1) is 5.92 Å². The van der Waals surface area contributed by atoms with Crippen LogP contribution in [-0.4, -0.2) is 39.9 Å². The van der Waals surface area contributed by atoms with E-state index in [2.05, 4.69) is 27.0 Å². The summed E-state index contributed by atoms with van der Waals surface area (Å²) in [5.41, 5.74) is 6.96. The van der Waals surface area contributed by atoms with Gasteiger partial charge >= 0.3 is 0 Å². The highest BCUT2D eigenvalue weighted by Crippen LogP contribution is 2.31. The summed E-state index contributed by atoms with van der Waals surface area (Å²) in [6.45, 7) is 2.11. The Bertz CT molecular complexity index is 735. The summed E-state index contributed by atoms with van der Waals surface area (Å²) in [5, 5.41) is 0. The molecule has 24 heavy (non-hydrogen) atoms. The highest BCUT2D eigenvalue weighted by molar-refractivity contribution is 5.81. The quantitative estimate of drug-likeness (QED) is 0.930. The lowest BCUT2D eigenvalue weighted by Gasteiger charge is -2.36. The Morgan fingerprint density at radius 1 is 1.12 bits per heavy atom. The molecule has 3 saturated heterocycles. The number of nitrogen functional groups attached to an aromatic ring is 1. The van der Waals surface area contributed by atoms with E-state index in [9.17, 15) is 4.79 Å². The van der Waals surface area contributed by atoms with Crippen molar-refractivity contribution in [1.29, 1.82) is 0 Å². The second-order valence-electron chi connectivity index (χ2n) is 6.57. The first-order valence-corrected chi connectivity index (χ1v) is 8.38. The molecule has 1 amide bonds. The molecule has 2 N–H and O–H groups in total. The molecular weight excluding hydrogens is 302 g/mol. The summed E-state index contributed by atoms with van der Waals surface area (Å²) < 4.78 is 0. The number of nitrogens with two attached hydrogens (primary N) is 1. The van der Waals surface area contributed by atoms with E-state index >= 15 is 0 Å². The van der Waals surface area contributed by atoms with Gasteiger partial charge in [0.25, 0.3) is 0 Å². The summed E-state index contributed by atoms with van der Waals surface area (Å²) in [7, 11) is 0. The van der Waals surface area contributed by atoms with Gasteiger partial charge in [-0.15, -0.1) is 0 Å². The number of benzene rings is 1. The number of hydrogen-bond acceptors (Lipinski definition) is 5. The van der Waals surface area contributed by atoms with Crippen molar-refractivity contribution in [2.24, 2.45) is 5.92 Å². The summed E-state index contributed by atoms with van der Waals surface area (Å²) in [6, 6.07) is 12.1. The van der Waals surface area contributed by atoms with Gasteiger partial charge in [0.15, 0.2) is 0 Å². The second kappa shape index (κ2) is 6.11. The fraction of sp³-hybridized carbons (Fsp3) is 0.389. The number of anilines is 2. The van der Waals surface area contributed by atoms with Crippen molar-refractivity contribution in [2.75, 3.05) is 23.7 Å². The van der Waals surface area contributed by atoms with Gasteiger partial charge in [-0.3, -0.25) is 4.79 Å². The number of amides is 1. The van der Waals surface area contributed by atoms with Gasteiger partial charge in [-0.25, -0.2) is 4.98 Å². The molecule has 1 aromatic heterocycles. The van der Waals surface area contributed by atoms with Crippen LogP contribution in [0.15, 0.2) is 42.6 Å². The first-order chi connectivity index (χ1) is 11.7. The number of hydrogen-bond donors (Lipinski definition) is 1. The Kier molecular flexibility index (Phi) is 3.80. The standard InChI is InChI=1S/C18H21N5O/c19-16-8-9-20-18(21-16)22-11-14-6-7-15(12-22)23(17(14)24)10-13-4-2-1-3-5-13/h1-5,8-9,14-15H,6-7,10-12H2,(H2,19,20,21)/t14-,15+/m1/s1. The SMILES string of the molecule is Nc1ccnc(N2C[C@H]3CC[C@@H](C2)N(Cc2ccccc2)C3=O)n1. The fourth-order valence-corrected chi connectivity index (χ4v) is 3.71. The van der Waals surface area contributed by atoms with Crippen molar-refractivity contribution in [1.82, 2.24) is 14.9 Å². The zero-order chi connectivity index (χ0) is 16.5. The minimum absolute atomic E-state index is 0.0116. The molecule has 2 bridgehead atoms. The normalized spacial score (nSPS) is 23.4. The molecule has 3 aliphatic heterocycles. The Labute approximate surface area is 141 Å². The van der Waals surface area contributed by atoms with Crippen molar-refractivity contribution in [3.8, 4) is 0 Å². The van der Waals surface area contributed by atoms with Gasteiger partial charge < -0.3 is 15.5 Å². The average Bonchev–Trinajstić information content (AvgIpc) is 2.89. The van der Waals surface area contributed by atoms with E-state index < -0.39 is 0 Å². The Morgan fingerprint density at radius 3 is 2.75 bits per heavy atom. The second-order valence-corrected chi connectivity index (χ2v) is 6.57. The van der Waals surface area contributed by atoms with Crippen LogP contribution in [0.4, 0.5) is 11.8 Å². The topological polar surface area (TPSA) is 75.3 Å². The first kappa shape index (κ1) is 14.9. The smallest absolute Gasteiger partial charge is 0.228 e. The number of aromatic nitrogens is 2. The third-order valence-electron chi connectivity index (χ3n) is 4.94. The van der Waals surface area contributed by atoms with E-state index in [1.54, 1.807) is 12.3 Å². The molecule has 3 fully saturated rings. The molecule has 3 aliphatic rings. The molecular formula is C18H21N5O. The maximum atomic E-state index is 12.9. The highest BCUT2D eigenvalue weighted by atomic mass is 16.2. The van der Waals surface area contributed by atoms with E-state index in [0.717, 1.165) is 19.4 Å². The van der Waals surface area contributed by atoms with Crippen molar-refractivity contribution in [2.45, 2.75) is 25.4 Å². The Morgan fingerprint density at radius 2 is 1.96 bits per heavy atom. The first-order valence-electron chi connectivity index (χ1n) is 8.38. The fourth-order valence-electron chi connectivity index (χ4n) is 3.71. The maximum absolute atomic E-state index is 12.9. The van der Waals surface area contributed by atoms with Crippen LogP contribution in [0.25, 0.3) is 0 Å². The molecule has 6 heteroatoms. The zero-order valence-electron chi connectivity index (χ0n) is 13.5. The van der Waals surface area contributed by atoms with Gasteiger partial charge in [0.1, 0.15) is 5.82 Å². The number of nitrogens with zero attached hydrogens (tertiary/aromatic N) is 4. The monoisotopic (exact) mass is 323 g/mol. The average molecular weight is 323 g/mol. The molecule has 0 spiro atoms. The number of carbonyl (C=O) groups excluding carboxylic acids is 1. The number of carbonyl (C=O) groups is 1. The van der Waals surface area contributed by atoms with E-state index in [0.29, 0.717) is 24.9 Å². The lowest BCUT2D eigenvalue weighted by molar-refractivity contribution is -0.140. The lowest BCUT2D eigenvalue weighted by Crippen LogP contribution is -2.47. The molecule has 2 atom stereocenters.